The fourth-order valence-corrected chi connectivity index (χ4v) is 4.76. The summed E-state index contributed by atoms with van der Waals surface area (Å²) in [6, 6.07) is 3.96. The minimum atomic E-state index is -3.09. The van der Waals surface area contributed by atoms with Crippen LogP contribution in [-0.2, 0) is 10.0 Å². The van der Waals surface area contributed by atoms with Crippen molar-refractivity contribution >= 4 is 31.6 Å². The van der Waals surface area contributed by atoms with Gasteiger partial charge in [-0.05, 0) is 53.4 Å². The van der Waals surface area contributed by atoms with Gasteiger partial charge in [-0.15, -0.1) is 0 Å². The first-order valence-electron chi connectivity index (χ1n) is 5.19. The molecule has 0 amide bonds. The van der Waals surface area contributed by atoms with Gasteiger partial charge in [0.2, 0.25) is 10.0 Å². The highest BCUT2D eigenvalue weighted by molar-refractivity contribution is 9.10. The maximum absolute atomic E-state index is 11.9. The molecule has 2 rings (SSSR count). The van der Waals surface area contributed by atoms with Crippen molar-refractivity contribution < 1.29 is 8.42 Å². The summed E-state index contributed by atoms with van der Waals surface area (Å²) in [5, 5.41) is 0. The molecule has 0 bridgehead atoms. The summed E-state index contributed by atoms with van der Waals surface area (Å²) >= 11 is 3.45. The molecule has 3 nitrogen and oxygen atoms in total. The van der Waals surface area contributed by atoms with E-state index < -0.39 is 10.0 Å². The van der Waals surface area contributed by atoms with E-state index in [1.54, 1.807) is 0 Å². The summed E-state index contributed by atoms with van der Waals surface area (Å²) in [4.78, 5) is 0. The Morgan fingerprint density at radius 2 is 2.00 bits per heavy atom. The summed E-state index contributed by atoms with van der Waals surface area (Å²) < 4.78 is 26.1. The van der Waals surface area contributed by atoms with E-state index in [1.807, 2.05) is 26.0 Å². The number of anilines is 1. The second kappa shape index (κ2) is 4.04. The molecule has 0 aliphatic carbocycles. The molecule has 0 unspecified atom stereocenters. The third-order valence-corrected chi connectivity index (χ3v) is 5.19. The number of benzene rings is 1. The van der Waals surface area contributed by atoms with Crippen molar-refractivity contribution in [3.63, 3.8) is 0 Å². The Bertz CT molecular complexity index is 502. The molecular formula is C11H14BrNO2S. The average molecular weight is 304 g/mol. The van der Waals surface area contributed by atoms with Crippen LogP contribution in [0.4, 0.5) is 5.69 Å². The van der Waals surface area contributed by atoms with Gasteiger partial charge in [0.1, 0.15) is 0 Å². The van der Waals surface area contributed by atoms with Gasteiger partial charge in [0.15, 0.2) is 0 Å². The van der Waals surface area contributed by atoms with E-state index in [0.29, 0.717) is 13.0 Å². The highest BCUT2D eigenvalue weighted by Crippen LogP contribution is 2.35. The Morgan fingerprint density at radius 3 is 2.50 bits per heavy atom. The van der Waals surface area contributed by atoms with Crippen LogP contribution < -0.4 is 4.31 Å². The minimum absolute atomic E-state index is 0.257. The standard InChI is InChI=1S/C11H14BrNO2S/c1-8-6-9(2)11(10(12)7-8)13-4-3-5-16(13,14)15/h6-7H,3-5H2,1-2H3. The molecule has 1 aromatic carbocycles. The van der Waals surface area contributed by atoms with Crippen molar-refractivity contribution in [2.45, 2.75) is 20.3 Å². The smallest absolute Gasteiger partial charge is 0.235 e. The number of nitrogens with zero attached hydrogens (tertiary/aromatic N) is 1. The van der Waals surface area contributed by atoms with E-state index in [9.17, 15) is 8.42 Å². The van der Waals surface area contributed by atoms with Crippen molar-refractivity contribution in [1.29, 1.82) is 0 Å². The molecule has 0 radical (unpaired) electrons. The fourth-order valence-electron chi connectivity index (χ4n) is 2.11. The van der Waals surface area contributed by atoms with Crippen LogP contribution in [0.15, 0.2) is 16.6 Å². The number of sulfonamides is 1. The van der Waals surface area contributed by atoms with Gasteiger partial charge in [0, 0.05) is 11.0 Å². The normalized spacial score (nSPS) is 19.1. The first kappa shape index (κ1) is 11.9. The summed E-state index contributed by atoms with van der Waals surface area (Å²) in [7, 11) is -3.09. The molecule has 1 fully saturated rings. The van der Waals surface area contributed by atoms with E-state index in [-0.39, 0.29) is 5.75 Å². The van der Waals surface area contributed by atoms with Gasteiger partial charge >= 0.3 is 0 Å². The largest absolute Gasteiger partial charge is 0.269 e. The Kier molecular flexibility index (Phi) is 3.01. The van der Waals surface area contributed by atoms with Gasteiger partial charge in [0.25, 0.3) is 0 Å². The van der Waals surface area contributed by atoms with E-state index in [4.69, 9.17) is 0 Å². The van der Waals surface area contributed by atoms with Crippen LogP contribution in [0.25, 0.3) is 0 Å². The van der Waals surface area contributed by atoms with E-state index in [0.717, 1.165) is 21.3 Å². The molecule has 0 saturated carbocycles. The Hall–Kier alpha value is -0.550. The maximum Gasteiger partial charge on any atom is 0.235 e. The lowest BCUT2D eigenvalue weighted by Gasteiger charge is -2.21. The van der Waals surface area contributed by atoms with Crippen molar-refractivity contribution in [2.24, 2.45) is 0 Å². The van der Waals surface area contributed by atoms with E-state index in [2.05, 4.69) is 15.9 Å². The second-order valence-corrected chi connectivity index (χ2v) is 7.02. The fraction of sp³-hybridized carbons (Fsp3) is 0.455. The quantitative estimate of drug-likeness (QED) is 0.800. The average Bonchev–Trinajstić information content (AvgIpc) is 2.44. The van der Waals surface area contributed by atoms with Gasteiger partial charge in [-0.2, -0.15) is 0 Å². The van der Waals surface area contributed by atoms with Crippen LogP contribution in [0.1, 0.15) is 17.5 Å². The monoisotopic (exact) mass is 303 g/mol. The molecule has 16 heavy (non-hydrogen) atoms. The Labute approximate surface area is 105 Å². The number of rotatable bonds is 1. The van der Waals surface area contributed by atoms with Crippen LogP contribution >= 0.6 is 15.9 Å². The van der Waals surface area contributed by atoms with Gasteiger partial charge < -0.3 is 0 Å². The molecule has 0 N–H and O–H groups in total. The molecule has 1 aliphatic heterocycles. The molecule has 1 aliphatic rings. The summed E-state index contributed by atoms with van der Waals surface area (Å²) in [6.45, 7) is 4.53. The number of hydrogen-bond donors (Lipinski definition) is 0. The zero-order chi connectivity index (χ0) is 11.9. The SMILES string of the molecule is Cc1cc(C)c(N2CCCS2(=O)=O)c(Br)c1. The number of aryl methyl sites for hydroxylation is 2. The van der Waals surface area contributed by atoms with Crippen LogP contribution in [0.5, 0.6) is 0 Å². The van der Waals surface area contributed by atoms with Crippen LogP contribution in [0.2, 0.25) is 0 Å². The van der Waals surface area contributed by atoms with Gasteiger partial charge in [-0.1, -0.05) is 6.07 Å². The van der Waals surface area contributed by atoms with Crippen molar-refractivity contribution in [1.82, 2.24) is 0 Å². The first-order valence-corrected chi connectivity index (χ1v) is 7.59. The Morgan fingerprint density at radius 1 is 1.31 bits per heavy atom. The molecule has 1 heterocycles. The van der Waals surface area contributed by atoms with Crippen molar-refractivity contribution in [3.8, 4) is 0 Å². The molecule has 1 saturated heterocycles. The number of halogens is 1. The third kappa shape index (κ3) is 1.98. The first-order chi connectivity index (χ1) is 7.42. The molecule has 1 aromatic rings. The molecule has 88 valence electrons. The lowest BCUT2D eigenvalue weighted by molar-refractivity contribution is 0.599. The zero-order valence-electron chi connectivity index (χ0n) is 9.33. The molecule has 5 heteroatoms. The minimum Gasteiger partial charge on any atom is -0.269 e. The predicted molar refractivity (Wildman–Crippen MR) is 69.4 cm³/mol. The third-order valence-electron chi connectivity index (χ3n) is 2.75. The highest BCUT2D eigenvalue weighted by Gasteiger charge is 2.30. The van der Waals surface area contributed by atoms with Crippen LogP contribution in [0, 0.1) is 13.8 Å². The van der Waals surface area contributed by atoms with Crippen molar-refractivity contribution in [2.75, 3.05) is 16.6 Å². The molecular weight excluding hydrogens is 290 g/mol. The molecule has 0 atom stereocenters. The summed E-state index contributed by atoms with van der Waals surface area (Å²) in [6.07, 6.45) is 0.710. The highest BCUT2D eigenvalue weighted by atomic mass is 79.9. The van der Waals surface area contributed by atoms with Crippen molar-refractivity contribution in [3.05, 3.63) is 27.7 Å². The topological polar surface area (TPSA) is 37.4 Å². The summed E-state index contributed by atoms with van der Waals surface area (Å²) in [5.41, 5.74) is 2.92. The van der Waals surface area contributed by atoms with E-state index in [1.165, 1.54) is 4.31 Å². The van der Waals surface area contributed by atoms with Crippen LogP contribution in [0.3, 0.4) is 0 Å². The lowest BCUT2D eigenvalue weighted by Crippen LogP contribution is -2.26. The van der Waals surface area contributed by atoms with Crippen LogP contribution in [-0.4, -0.2) is 20.7 Å². The zero-order valence-corrected chi connectivity index (χ0v) is 11.7. The van der Waals surface area contributed by atoms with Gasteiger partial charge in [0.05, 0.1) is 11.4 Å². The Balaban J connectivity index is 2.57. The van der Waals surface area contributed by atoms with Gasteiger partial charge in [-0.3, -0.25) is 4.31 Å². The predicted octanol–water partition coefficient (Wildman–Crippen LogP) is 2.61. The molecule has 0 spiro atoms. The maximum atomic E-state index is 11.9. The summed E-state index contributed by atoms with van der Waals surface area (Å²) in [5.74, 6) is 0.257. The lowest BCUT2D eigenvalue weighted by atomic mass is 10.1. The van der Waals surface area contributed by atoms with E-state index >= 15 is 0 Å². The van der Waals surface area contributed by atoms with Gasteiger partial charge in [-0.25, -0.2) is 8.42 Å². The second-order valence-electron chi connectivity index (χ2n) is 4.15. The molecule has 0 aromatic heterocycles. The number of hydrogen-bond acceptors (Lipinski definition) is 2.